The van der Waals surface area contributed by atoms with Gasteiger partial charge in [-0.1, -0.05) is 0 Å². The second-order valence-corrected chi connectivity index (χ2v) is 13.7. The molecule has 2 heterocycles. The summed E-state index contributed by atoms with van der Waals surface area (Å²) in [5, 5.41) is 1.15. The lowest BCUT2D eigenvalue weighted by atomic mass is 9.79. The maximum absolute atomic E-state index is 13.7. The average molecular weight is 532 g/mol. The number of urea groups is 1. The van der Waals surface area contributed by atoms with Gasteiger partial charge < -0.3 is 4.90 Å². The van der Waals surface area contributed by atoms with Gasteiger partial charge in [-0.15, -0.1) is 0 Å². The van der Waals surface area contributed by atoms with Gasteiger partial charge >= 0.3 is 6.03 Å². The Labute approximate surface area is 212 Å². The molecule has 3 aliphatic carbocycles. The van der Waals surface area contributed by atoms with Gasteiger partial charge in [-0.2, -0.15) is 0 Å². The summed E-state index contributed by atoms with van der Waals surface area (Å²) in [5.41, 5.74) is 2.23. The highest BCUT2D eigenvalue weighted by Gasteiger charge is 2.53. The van der Waals surface area contributed by atoms with E-state index in [9.17, 15) is 26.8 Å². The molecule has 2 N–H and O–H groups in total. The van der Waals surface area contributed by atoms with Crippen molar-refractivity contribution in [3.8, 4) is 0 Å². The topological polar surface area (TPSA) is 102 Å². The number of imide groups is 1. The molecule has 0 aromatic heterocycles. The molecule has 0 spiro atoms. The zero-order chi connectivity index (χ0) is 25.7. The van der Waals surface area contributed by atoms with Crippen LogP contribution in [0, 0.1) is 17.8 Å². The van der Waals surface area contributed by atoms with Gasteiger partial charge in [-0.05, 0) is 63.7 Å². The molecule has 0 radical (unpaired) electrons. The Morgan fingerprint density at radius 1 is 1.06 bits per heavy atom. The van der Waals surface area contributed by atoms with E-state index in [2.05, 4.69) is 10.1 Å². The number of nitrogens with one attached hydrogen (secondary N) is 2. The number of halogens is 2. The molecular formula is C24H39F2N5O4S. The number of alkyl halides is 2. The van der Waals surface area contributed by atoms with Crippen LogP contribution in [-0.4, -0.2) is 98.1 Å². The van der Waals surface area contributed by atoms with Crippen molar-refractivity contribution >= 4 is 22.0 Å². The Morgan fingerprint density at radius 2 is 1.78 bits per heavy atom. The van der Waals surface area contributed by atoms with E-state index in [0.717, 1.165) is 0 Å². The zero-order valence-corrected chi connectivity index (χ0v) is 21.8. The average Bonchev–Trinajstić information content (AvgIpc) is 3.50. The molecule has 204 valence electrons. The summed E-state index contributed by atoms with van der Waals surface area (Å²) < 4.78 is 56.0. The minimum atomic E-state index is -3.80. The molecule has 2 saturated heterocycles. The number of hydrogen-bond donors (Lipinski definition) is 2. The van der Waals surface area contributed by atoms with Crippen LogP contribution in [0.2, 0.25) is 0 Å². The fourth-order valence-electron chi connectivity index (χ4n) is 6.57. The van der Waals surface area contributed by atoms with Gasteiger partial charge in [0.25, 0.3) is 0 Å². The fourth-order valence-corrected chi connectivity index (χ4v) is 8.51. The first-order valence-corrected chi connectivity index (χ1v) is 14.9. The van der Waals surface area contributed by atoms with E-state index in [0.29, 0.717) is 71.0 Å². The van der Waals surface area contributed by atoms with Gasteiger partial charge in [0.1, 0.15) is 12.8 Å². The number of fused-ring (bicyclic) bond motifs is 1. The van der Waals surface area contributed by atoms with Crippen molar-refractivity contribution in [3.05, 3.63) is 0 Å². The van der Waals surface area contributed by atoms with Crippen LogP contribution in [0.3, 0.4) is 0 Å². The van der Waals surface area contributed by atoms with Crippen LogP contribution < -0.4 is 10.1 Å². The summed E-state index contributed by atoms with van der Waals surface area (Å²) in [6, 6.07) is -0.650. The second kappa shape index (κ2) is 10.1. The molecule has 0 aromatic rings. The molecule has 12 heteroatoms. The van der Waals surface area contributed by atoms with Crippen LogP contribution in [-0.2, 0) is 14.8 Å². The fraction of sp³-hybridized carbons (Fsp3) is 0.917. The highest BCUT2D eigenvalue weighted by atomic mass is 32.2. The van der Waals surface area contributed by atoms with Crippen molar-refractivity contribution in [2.75, 3.05) is 39.9 Å². The zero-order valence-electron chi connectivity index (χ0n) is 21.0. The summed E-state index contributed by atoms with van der Waals surface area (Å²) in [4.78, 5) is 30.5. The van der Waals surface area contributed by atoms with Gasteiger partial charge in [-0.25, -0.2) is 31.7 Å². The first kappa shape index (κ1) is 26.2. The predicted molar refractivity (Wildman–Crippen MR) is 130 cm³/mol. The third-order valence-electron chi connectivity index (χ3n) is 8.99. The Balaban J connectivity index is 1.35. The van der Waals surface area contributed by atoms with Crippen molar-refractivity contribution in [2.45, 2.75) is 80.8 Å². The van der Waals surface area contributed by atoms with Gasteiger partial charge in [-0.3, -0.25) is 15.1 Å². The molecule has 3 amide bonds. The van der Waals surface area contributed by atoms with Crippen LogP contribution in [0.4, 0.5) is 13.6 Å². The lowest BCUT2D eigenvalue weighted by molar-refractivity contribution is -0.141. The van der Waals surface area contributed by atoms with E-state index in [-0.39, 0.29) is 42.8 Å². The number of hydrogen-bond acceptors (Lipinski definition) is 6. The molecule has 4 unspecified atom stereocenters. The Morgan fingerprint density at radius 3 is 2.39 bits per heavy atom. The van der Waals surface area contributed by atoms with E-state index in [1.54, 1.807) is 4.90 Å². The first-order chi connectivity index (χ1) is 17.1. The highest BCUT2D eigenvalue weighted by Crippen LogP contribution is 2.41. The molecule has 5 rings (SSSR count). The van der Waals surface area contributed by atoms with E-state index >= 15 is 0 Å². The highest BCUT2D eigenvalue weighted by molar-refractivity contribution is 7.90. The summed E-state index contributed by atoms with van der Waals surface area (Å²) in [5.74, 6) is -0.636. The molecule has 5 fully saturated rings. The van der Waals surface area contributed by atoms with Crippen molar-refractivity contribution in [2.24, 2.45) is 17.8 Å². The largest absolute Gasteiger partial charge is 0.326 e. The summed E-state index contributed by atoms with van der Waals surface area (Å²) in [7, 11) is -1.88. The Hall–Kier alpha value is -1.37. The van der Waals surface area contributed by atoms with Crippen LogP contribution in [0.25, 0.3) is 0 Å². The number of hydrazine groups is 1. The molecule has 36 heavy (non-hydrogen) atoms. The van der Waals surface area contributed by atoms with Crippen molar-refractivity contribution in [1.29, 1.82) is 0 Å². The number of nitrogens with zero attached hydrogens (tertiary/aromatic N) is 3. The standard InChI is InChI=1S/C24H39F2N5O4S/c1-29-12-17(11-27-29)14-31-22(32)20-10-19(36(34,35)28-24(15-25)8-9-24)6-7-21(20)30(23(31)33)13-16-2-4-18(26)5-3-16/h16-21,27-28H,2-15H2,1H3. The third kappa shape index (κ3) is 5.28. The minimum absolute atomic E-state index is 0.0901. The molecule has 5 aliphatic rings. The molecular weight excluding hydrogens is 492 g/mol. The number of sulfonamides is 1. The number of carbonyl (C=O) groups excluding carboxylic acids is 2. The summed E-state index contributed by atoms with van der Waals surface area (Å²) in [6.45, 7) is 1.39. The number of rotatable bonds is 8. The van der Waals surface area contributed by atoms with Crippen LogP contribution >= 0.6 is 0 Å². The summed E-state index contributed by atoms with van der Waals surface area (Å²) >= 11 is 0. The van der Waals surface area contributed by atoms with E-state index in [1.165, 1.54) is 4.90 Å². The SMILES string of the molecule is CN1CC(CN2C(=O)C3CC(S(=O)(=O)NC4(CF)CC4)CCC3N(CC3CCC(F)CC3)C2=O)CN1. The molecule has 4 atom stereocenters. The maximum atomic E-state index is 13.7. The Bertz CT molecular complexity index is 956. The minimum Gasteiger partial charge on any atom is -0.320 e. The van der Waals surface area contributed by atoms with Crippen LogP contribution in [0.1, 0.15) is 57.8 Å². The lowest BCUT2D eigenvalue weighted by Gasteiger charge is -2.49. The van der Waals surface area contributed by atoms with Crippen LogP contribution in [0.15, 0.2) is 0 Å². The molecule has 3 saturated carbocycles. The third-order valence-corrected chi connectivity index (χ3v) is 11.0. The maximum Gasteiger partial charge on any atom is 0.326 e. The van der Waals surface area contributed by atoms with Gasteiger partial charge in [0.15, 0.2) is 0 Å². The van der Waals surface area contributed by atoms with Crippen molar-refractivity contribution in [1.82, 2.24) is 25.0 Å². The molecule has 0 bridgehead atoms. The van der Waals surface area contributed by atoms with Crippen LogP contribution in [0.5, 0.6) is 0 Å². The van der Waals surface area contributed by atoms with Gasteiger partial charge in [0.05, 0.1) is 16.7 Å². The Kier molecular flexibility index (Phi) is 7.34. The predicted octanol–water partition coefficient (Wildman–Crippen LogP) is 1.80. The van der Waals surface area contributed by atoms with E-state index in [1.807, 2.05) is 12.1 Å². The lowest BCUT2D eigenvalue weighted by Crippen LogP contribution is -2.65. The van der Waals surface area contributed by atoms with Crippen molar-refractivity contribution in [3.63, 3.8) is 0 Å². The van der Waals surface area contributed by atoms with Crippen molar-refractivity contribution < 1.29 is 26.8 Å². The van der Waals surface area contributed by atoms with E-state index < -0.39 is 39.6 Å². The number of amides is 3. The molecule has 0 aromatic carbocycles. The van der Waals surface area contributed by atoms with E-state index in [4.69, 9.17) is 0 Å². The quantitative estimate of drug-likeness (QED) is 0.495. The number of carbonyl (C=O) groups is 2. The molecule has 9 nitrogen and oxygen atoms in total. The summed E-state index contributed by atoms with van der Waals surface area (Å²) in [6.07, 6.45) is 3.45. The second-order valence-electron chi connectivity index (χ2n) is 11.8. The normalized spacial score (nSPS) is 37.3. The van der Waals surface area contributed by atoms with Gasteiger partial charge in [0.2, 0.25) is 15.9 Å². The monoisotopic (exact) mass is 531 g/mol. The first-order valence-electron chi connectivity index (χ1n) is 13.4. The molecule has 2 aliphatic heterocycles. The smallest absolute Gasteiger partial charge is 0.320 e. The van der Waals surface area contributed by atoms with Gasteiger partial charge in [0, 0.05) is 45.2 Å².